The largest absolute Gasteiger partial charge is 0.455 e. The molecule has 1 fully saturated rings. The zero-order valence-electron chi connectivity index (χ0n) is 26.5. The number of allylic oxidation sites excluding steroid dienone is 1. The number of fused-ring (bicyclic) bond motifs is 4. The summed E-state index contributed by atoms with van der Waals surface area (Å²) in [5.74, 6) is -2.18. The lowest BCUT2D eigenvalue weighted by Crippen LogP contribution is -2.61. The van der Waals surface area contributed by atoms with Crippen LogP contribution in [0.3, 0.4) is 0 Å². The van der Waals surface area contributed by atoms with Gasteiger partial charge in [0.1, 0.15) is 24.0 Å². The lowest BCUT2D eigenvalue weighted by molar-refractivity contribution is -0.157. The molecule has 0 unspecified atom stereocenters. The number of esters is 1. The van der Waals surface area contributed by atoms with Crippen LogP contribution in [-0.4, -0.2) is 62.0 Å². The van der Waals surface area contributed by atoms with Gasteiger partial charge >= 0.3 is 5.97 Å². The van der Waals surface area contributed by atoms with Crippen molar-refractivity contribution >= 4 is 40.5 Å². The molecule has 11 nitrogen and oxygen atoms in total. The number of pyridine rings is 1. The van der Waals surface area contributed by atoms with E-state index >= 15 is 0 Å². The minimum Gasteiger partial charge on any atom is -0.455 e. The van der Waals surface area contributed by atoms with Crippen LogP contribution in [0, 0.1) is 17.3 Å². The van der Waals surface area contributed by atoms with Gasteiger partial charge in [0.05, 0.1) is 17.8 Å². The molecular weight excluding hydrogens is 572 g/mol. The Kier molecular flexibility index (Phi) is 9.48. The number of amides is 2. The molecule has 2 N–H and O–H groups in total. The first-order chi connectivity index (χ1) is 21.4. The summed E-state index contributed by atoms with van der Waals surface area (Å²) >= 11 is 0. The molecule has 11 heteroatoms. The van der Waals surface area contributed by atoms with Crippen molar-refractivity contribution in [1.29, 1.82) is 0 Å². The molecule has 5 rings (SSSR count). The van der Waals surface area contributed by atoms with Gasteiger partial charge in [-0.2, -0.15) is 5.10 Å². The van der Waals surface area contributed by atoms with Gasteiger partial charge in [-0.25, -0.2) is 10.4 Å². The number of Topliss-reactive ketones (excluding diaryl/α,β-unsaturated/α-hetero) is 1. The fourth-order valence-electron chi connectivity index (χ4n) is 5.65. The zero-order valence-corrected chi connectivity index (χ0v) is 26.5. The Morgan fingerprint density at radius 3 is 2.62 bits per heavy atom. The number of aromatic nitrogens is 3. The van der Waals surface area contributed by atoms with E-state index in [2.05, 4.69) is 15.8 Å². The quantitative estimate of drug-likeness (QED) is 0.423. The SMILES string of the molecule is CC(C)[C@@H]1CC(=O)C(C)(C)/C=C/c2ccc3ccc(nc3c2)[C@@H](C)OC(=O)[C@@H]2CCCN(N2)C(=O)[C@@H](Cn2cccn2)NC1=O. The molecule has 1 saturated heterocycles. The Labute approximate surface area is 263 Å². The van der Waals surface area contributed by atoms with Gasteiger partial charge in [-0.1, -0.05) is 44.2 Å². The fourth-order valence-corrected chi connectivity index (χ4v) is 5.65. The van der Waals surface area contributed by atoms with Crippen molar-refractivity contribution < 1.29 is 23.9 Å². The van der Waals surface area contributed by atoms with Gasteiger partial charge in [0.2, 0.25) is 5.91 Å². The summed E-state index contributed by atoms with van der Waals surface area (Å²) in [7, 11) is 0. The molecular formula is C34H42N6O5. The molecule has 4 atom stereocenters. The van der Waals surface area contributed by atoms with Gasteiger partial charge in [-0.3, -0.25) is 28.9 Å². The van der Waals surface area contributed by atoms with Gasteiger partial charge in [0.25, 0.3) is 5.91 Å². The third-order valence-corrected chi connectivity index (χ3v) is 8.69. The van der Waals surface area contributed by atoms with Gasteiger partial charge in [-0.15, -0.1) is 0 Å². The number of hydrazine groups is 1. The molecule has 3 aromatic rings. The van der Waals surface area contributed by atoms with E-state index in [0.29, 0.717) is 25.1 Å². The van der Waals surface area contributed by atoms with Crippen molar-refractivity contribution in [2.24, 2.45) is 17.3 Å². The van der Waals surface area contributed by atoms with Crippen LogP contribution in [0.25, 0.3) is 17.0 Å². The molecule has 5 bridgehead atoms. The molecule has 0 saturated carbocycles. The van der Waals surface area contributed by atoms with Crippen LogP contribution < -0.4 is 10.7 Å². The van der Waals surface area contributed by atoms with Gasteiger partial charge in [0, 0.05) is 42.1 Å². The molecule has 4 heterocycles. The summed E-state index contributed by atoms with van der Waals surface area (Å²) in [4.78, 5) is 59.4. The highest BCUT2D eigenvalue weighted by molar-refractivity contribution is 5.94. The van der Waals surface area contributed by atoms with Crippen LogP contribution in [0.2, 0.25) is 0 Å². The van der Waals surface area contributed by atoms with E-state index in [9.17, 15) is 19.2 Å². The average molecular weight is 615 g/mol. The van der Waals surface area contributed by atoms with Crippen LogP contribution in [0.15, 0.2) is 54.9 Å². The number of rotatable bonds is 3. The smallest absolute Gasteiger partial charge is 0.325 e. The predicted molar refractivity (Wildman–Crippen MR) is 169 cm³/mol. The first-order valence-electron chi connectivity index (χ1n) is 15.6. The topological polar surface area (TPSA) is 136 Å². The monoisotopic (exact) mass is 614 g/mol. The van der Waals surface area contributed by atoms with E-state index in [-0.39, 0.29) is 30.6 Å². The minimum atomic E-state index is -0.987. The maximum Gasteiger partial charge on any atom is 0.325 e. The minimum absolute atomic E-state index is 0.0138. The Balaban J connectivity index is 1.51. The van der Waals surface area contributed by atoms with Gasteiger partial charge < -0.3 is 10.1 Å². The number of hydrogen-bond acceptors (Lipinski definition) is 8. The maximum absolute atomic E-state index is 13.9. The normalized spacial score (nSPS) is 25.7. The molecule has 2 amide bonds. The lowest BCUT2D eigenvalue weighted by Gasteiger charge is -2.35. The maximum atomic E-state index is 13.9. The standard InChI is InChI=1S/C34H42N6O5/c1-21(2)25-19-30(41)34(4,5)14-13-23-9-10-24-11-12-26(36-28(24)18-23)22(3)45-33(44)27-8-6-17-40(38-27)32(43)29(37-31(25)42)20-39-16-7-15-35-39/h7,9-16,18,21-22,25,27,29,38H,6,8,17,19-20H2,1-5H3,(H,37,42)/b14-13+/t22-,25+,27+,29-/m1/s1. The highest BCUT2D eigenvalue weighted by atomic mass is 16.5. The van der Waals surface area contributed by atoms with Crippen molar-refractivity contribution in [3.05, 3.63) is 66.1 Å². The summed E-state index contributed by atoms with van der Waals surface area (Å²) < 4.78 is 7.40. The number of ether oxygens (including phenoxy) is 1. The lowest BCUT2D eigenvalue weighted by atomic mass is 9.79. The van der Waals surface area contributed by atoms with Crippen LogP contribution in [0.1, 0.15) is 71.2 Å². The van der Waals surface area contributed by atoms with Crippen molar-refractivity contribution in [2.75, 3.05) is 6.54 Å². The average Bonchev–Trinajstić information content (AvgIpc) is 3.54. The van der Waals surface area contributed by atoms with Crippen LogP contribution in [-0.2, 0) is 30.5 Å². The predicted octanol–water partition coefficient (Wildman–Crippen LogP) is 4.00. The van der Waals surface area contributed by atoms with E-state index in [1.165, 1.54) is 5.01 Å². The second-order valence-electron chi connectivity index (χ2n) is 12.9. The van der Waals surface area contributed by atoms with E-state index in [1.54, 1.807) is 30.1 Å². The number of cyclic esters (lactones) is 1. The van der Waals surface area contributed by atoms with Crippen molar-refractivity contribution in [2.45, 2.75) is 78.6 Å². The van der Waals surface area contributed by atoms with Crippen LogP contribution >= 0.6 is 0 Å². The second kappa shape index (κ2) is 13.3. The third kappa shape index (κ3) is 7.47. The fraction of sp³-hybridized carbons (Fsp3) is 0.471. The van der Waals surface area contributed by atoms with E-state index in [1.807, 2.05) is 70.2 Å². The zero-order chi connectivity index (χ0) is 32.3. The number of nitrogens with zero attached hydrogens (tertiary/aromatic N) is 4. The molecule has 2 aliphatic rings. The molecule has 0 aliphatic carbocycles. The summed E-state index contributed by atoms with van der Waals surface area (Å²) in [6.45, 7) is 9.68. The summed E-state index contributed by atoms with van der Waals surface area (Å²) in [5.41, 5.74) is 4.39. The number of carbonyl (C=O) groups excluding carboxylic acids is 4. The Bertz CT molecular complexity index is 1600. The third-order valence-electron chi connectivity index (χ3n) is 8.69. The van der Waals surface area contributed by atoms with Gasteiger partial charge in [-0.05, 0) is 63.3 Å². The molecule has 45 heavy (non-hydrogen) atoms. The van der Waals surface area contributed by atoms with Crippen LogP contribution in [0.4, 0.5) is 0 Å². The Morgan fingerprint density at radius 1 is 1.11 bits per heavy atom. The first-order valence-corrected chi connectivity index (χ1v) is 15.6. The molecule has 0 radical (unpaired) electrons. The van der Waals surface area contributed by atoms with E-state index in [4.69, 9.17) is 9.72 Å². The highest BCUT2D eigenvalue weighted by Gasteiger charge is 2.37. The second-order valence-corrected chi connectivity index (χ2v) is 12.9. The molecule has 1 aromatic carbocycles. The van der Waals surface area contributed by atoms with Crippen molar-refractivity contribution in [3.63, 3.8) is 0 Å². The summed E-state index contributed by atoms with van der Waals surface area (Å²) in [6.07, 6.45) is 7.49. The first kappa shape index (κ1) is 32.0. The molecule has 238 valence electrons. The number of nitrogens with one attached hydrogen (secondary N) is 2. The molecule has 2 aliphatic heterocycles. The van der Waals surface area contributed by atoms with Crippen molar-refractivity contribution in [3.8, 4) is 0 Å². The number of ketones is 1. The number of benzene rings is 1. The van der Waals surface area contributed by atoms with Gasteiger partial charge in [0.15, 0.2) is 0 Å². The van der Waals surface area contributed by atoms with E-state index in [0.717, 1.165) is 16.5 Å². The van der Waals surface area contributed by atoms with Crippen molar-refractivity contribution in [1.82, 2.24) is 30.5 Å². The number of hydrogen-bond donors (Lipinski definition) is 2. The Morgan fingerprint density at radius 2 is 1.89 bits per heavy atom. The highest BCUT2D eigenvalue weighted by Crippen LogP contribution is 2.28. The Hall–Kier alpha value is -4.38. The summed E-state index contributed by atoms with van der Waals surface area (Å²) in [6, 6.07) is 9.63. The van der Waals surface area contributed by atoms with Crippen LogP contribution in [0.5, 0.6) is 0 Å². The van der Waals surface area contributed by atoms with E-state index < -0.39 is 41.4 Å². The molecule has 0 spiro atoms. The number of carbonyl (C=O) groups is 4. The summed E-state index contributed by atoms with van der Waals surface area (Å²) in [5, 5.41) is 9.47. The molecule has 2 aromatic heterocycles.